The summed E-state index contributed by atoms with van der Waals surface area (Å²) in [5, 5.41) is 0.955. The molecule has 0 aliphatic carbocycles. The molecule has 0 aliphatic rings. The minimum Gasteiger partial charge on any atom is -0.493 e. The number of methoxy groups -OCH3 is 1. The third-order valence-electron chi connectivity index (χ3n) is 4.18. The SMILES string of the molecule is CCN(CC)C(=O)Oc1c(OC)cccc1-c1coc2ccccc12. The monoisotopic (exact) mass is 339 g/mol. The van der Waals surface area contributed by atoms with Crippen molar-refractivity contribution in [2.24, 2.45) is 0 Å². The summed E-state index contributed by atoms with van der Waals surface area (Å²) in [4.78, 5) is 14.1. The Balaban J connectivity index is 2.10. The Hall–Kier alpha value is -2.95. The van der Waals surface area contributed by atoms with Crippen LogP contribution in [0.4, 0.5) is 4.79 Å². The van der Waals surface area contributed by atoms with Crippen LogP contribution in [0.5, 0.6) is 11.5 Å². The van der Waals surface area contributed by atoms with E-state index in [0.29, 0.717) is 24.6 Å². The van der Waals surface area contributed by atoms with Crippen LogP contribution < -0.4 is 9.47 Å². The zero-order chi connectivity index (χ0) is 17.8. The van der Waals surface area contributed by atoms with Gasteiger partial charge in [-0.15, -0.1) is 0 Å². The number of fused-ring (bicyclic) bond motifs is 1. The van der Waals surface area contributed by atoms with Gasteiger partial charge in [0, 0.05) is 29.6 Å². The fourth-order valence-corrected chi connectivity index (χ4v) is 2.81. The topological polar surface area (TPSA) is 51.9 Å². The number of nitrogens with zero attached hydrogens (tertiary/aromatic N) is 1. The summed E-state index contributed by atoms with van der Waals surface area (Å²) in [6.07, 6.45) is 1.28. The van der Waals surface area contributed by atoms with Crippen molar-refractivity contribution < 1.29 is 18.7 Å². The maximum absolute atomic E-state index is 12.5. The van der Waals surface area contributed by atoms with Crippen molar-refractivity contribution in [3.8, 4) is 22.6 Å². The Bertz CT molecular complexity index is 880. The summed E-state index contributed by atoms with van der Waals surface area (Å²) in [5.74, 6) is 0.900. The van der Waals surface area contributed by atoms with Crippen molar-refractivity contribution in [1.82, 2.24) is 4.90 Å². The molecule has 0 unspecified atom stereocenters. The van der Waals surface area contributed by atoms with Crippen LogP contribution in [-0.2, 0) is 0 Å². The Morgan fingerprint density at radius 2 is 1.80 bits per heavy atom. The van der Waals surface area contributed by atoms with Gasteiger partial charge in [0.2, 0.25) is 0 Å². The molecule has 3 rings (SSSR count). The Labute approximate surface area is 146 Å². The molecular weight excluding hydrogens is 318 g/mol. The van der Waals surface area contributed by atoms with Crippen LogP contribution in [0.3, 0.4) is 0 Å². The number of amides is 1. The number of para-hydroxylation sites is 2. The number of benzene rings is 2. The first-order valence-electron chi connectivity index (χ1n) is 8.29. The van der Waals surface area contributed by atoms with Gasteiger partial charge >= 0.3 is 6.09 Å². The van der Waals surface area contributed by atoms with Crippen LogP contribution in [0.15, 0.2) is 53.1 Å². The van der Waals surface area contributed by atoms with Gasteiger partial charge in [-0.25, -0.2) is 4.79 Å². The molecule has 2 aromatic carbocycles. The number of ether oxygens (including phenoxy) is 2. The fourth-order valence-electron chi connectivity index (χ4n) is 2.81. The third-order valence-corrected chi connectivity index (χ3v) is 4.18. The largest absolute Gasteiger partial charge is 0.493 e. The number of furan rings is 1. The normalized spacial score (nSPS) is 10.7. The summed E-state index contributed by atoms with van der Waals surface area (Å²) in [5.41, 5.74) is 2.39. The van der Waals surface area contributed by atoms with Crippen LogP contribution in [-0.4, -0.2) is 31.2 Å². The fraction of sp³-hybridized carbons (Fsp3) is 0.250. The van der Waals surface area contributed by atoms with Crippen LogP contribution in [0, 0.1) is 0 Å². The highest BCUT2D eigenvalue weighted by atomic mass is 16.6. The van der Waals surface area contributed by atoms with Crippen molar-refractivity contribution in [2.75, 3.05) is 20.2 Å². The van der Waals surface area contributed by atoms with E-state index >= 15 is 0 Å². The van der Waals surface area contributed by atoms with E-state index in [-0.39, 0.29) is 0 Å². The van der Waals surface area contributed by atoms with Gasteiger partial charge in [-0.05, 0) is 26.0 Å². The highest BCUT2D eigenvalue weighted by Crippen LogP contribution is 2.41. The maximum Gasteiger partial charge on any atom is 0.415 e. The number of rotatable bonds is 5. The molecule has 1 amide bonds. The van der Waals surface area contributed by atoms with Gasteiger partial charge in [0.1, 0.15) is 5.58 Å². The summed E-state index contributed by atoms with van der Waals surface area (Å²) < 4.78 is 16.8. The first-order valence-corrected chi connectivity index (χ1v) is 8.29. The number of hydrogen-bond donors (Lipinski definition) is 0. The van der Waals surface area contributed by atoms with Crippen LogP contribution in [0.2, 0.25) is 0 Å². The zero-order valence-electron chi connectivity index (χ0n) is 14.6. The zero-order valence-corrected chi connectivity index (χ0v) is 14.6. The van der Waals surface area contributed by atoms with E-state index in [2.05, 4.69) is 0 Å². The molecule has 25 heavy (non-hydrogen) atoms. The standard InChI is InChI=1S/C20H21NO4/c1-4-21(5-2)20(22)25-19-15(10-8-12-18(19)23-3)16-13-24-17-11-7-6-9-14(16)17/h6-13H,4-5H2,1-3H3. The lowest BCUT2D eigenvalue weighted by Crippen LogP contribution is -2.33. The molecule has 5 heteroatoms. The Morgan fingerprint density at radius 1 is 1.04 bits per heavy atom. The second-order valence-corrected chi connectivity index (χ2v) is 5.52. The van der Waals surface area contributed by atoms with Gasteiger partial charge in [-0.1, -0.05) is 30.3 Å². The predicted octanol–water partition coefficient (Wildman–Crippen LogP) is 4.95. The van der Waals surface area contributed by atoms with Gasteiger partial charge in [0.15, 0.2) is 11.5 Å². The molecule has 130 valence electrons. The van der Waals surface area contributed by atoms with E-state index in [4.69, 9.17) is 13.9 Å². The molecule has 0 N–H and O–H groups in total. The third kappa shape index (κ3) is 3.18. The van der Waals surface area contributed by atoms with Crippen LogP contribution in [0.25, 0.3) is 22.1 Å². The number of carbonyl (C=O) groups excluding carboxylic acids is 1. The number of hydrogen-bond acceptors (Lipinski definition) is 4. The van der Waals surface area contributed by atoms with Crippen LogP contribution >= 0.6 is 0 Å². The summed E-state index contributed by atoms with van der Waals surface area (Å²) in [6.45, 7) is 4.98. The molecule has 0 atom stereocenters. The van der Waals surface area contributed by atoms with Gasteiger partial charge in [-0.2, -0.15) is 0 Å². The molecule has 5 nitrogen and oxygen atoms in total. The molecule has 0 aliphatic heterocycles. The van der Waals surface area contributed by atoms with Gasteiger partial charge in [0.25, 0.3) is 0 Å². The Kier molecular flexibility index (Phi) is 4.93. The second kappa shape index (κ2) is 7.30. The van der Waals surface area contributed by atoms with E-state index < -0.39 is 6.09 Å². The minimum atomic E-state index is -0.399. The summed E-state index contributed by atoms with van der Waals surface area (Å²) >= 11 is 0. The quantitative estimate of drug-likeness (QED) is 0.660. The van der Waals surface area contributed by atoms with Crippen molar-refractivity contribution in [1.29, 1.82) is 0 Å². The average molecular weight is 339 g/mol. The number of carbonyl (C=O) groups is 1. The van der Waals surface area contributed by atoms with Crippen LogP contribution in [0.1, 0.15) is 13.8 Å². The summed E-state index contributed by atoms with van der Waals surface area (Å²) in [7, 11) is 1.56. The second-order valence-electron chi connectivity index (χ2n) is 5.52. The first kappa shape index (κ1) is 16.9. The summed E-state index contributed by atoms with van der Waals surface area (Å²) in [6, 6.07) is 13.3. The van der Waals surface area contributed by atoms with E-state index in [1.165, 1.54) is 0 Å². The highest BCUT2D eigenvalue weighted by Gasteiger charge is 2.21. The smallest absolute Gasteiger partial charge is 0.415 e. The van der Waals surface area contributed by atoms with E-state index in [1.54, 1.807) is 24.3 Å². The van der Waals surface area contributed by atoms with E-state index in [9.17, 15) is 4.79 Å². The van der Waals surface area contributed by atoms with Crippen molar-refractivity contribution >= 4 is 17.1 Å². The van der Waals surface area contributed by atoms with Crippen molar-refractivity contribution in [3.63, 3.8) is 0 Å². The molecule has 3 aromatic rings. The highest BCUT2D eigenvalue weighted by molar-refractivity contribution is 5.96. The van der Waals surface area contributed by atoms with Gasteiger partial charge in [-0.3, -0.25) is 0 Å². The van der Waals surface area contributed by atoms with E-state index in [0.717, 1.165) is 22.1 Å². The maximum atomic E-state index is 12.5. The van der Waals surface area contributed by atoms with E-state index in [1.807, 2.05) is 50.2 Å². The molecule has 1 aromatic heterocycles. The molecular formula is C20H21NO4. The average Bonchev–Trinajstić information content (AvgIpc) is 3.07. The predicted molar refractivity (Wildman–Crippen MR) is 97.1 cm³/mol. The first-order chi connectivity index (χ1) is 12.2. The molecule has 0 fully saturated rings. The Morgan fingerprint density at radius 3 is 2.52 bits per heavy atom. The molecule has 0 bridgehead atoms. The molecule has 1 heterocycles. The molecule has 0 spiro atoms. The lowest BCUT2D eigenvalue weighted by atomic mass is 10.0. The lowest BCUT2D eigenvalue weighted by Gasteiger charge is -2.20. The molecule has 0 saturated carbocycles. The molecule has 0 radical (unpaired) electrons. The van der Waals surface area contributed by atoms with Crippen molar-refractivity contribution in [3.05, 3.63) is 48.7 Å². The van der Waals surface area contributed by atoms with Crippen molar-refractivity contribution in [2.45, 2.75) is 13.8 Å². The lowest BCUT2D eigenvalue weighted by molar-refractivity contribution is 0.156. The minimum absolute atomic E-state index is 0.397. The molecule has 0 saturated heterocycles. The van der Waals surface area contributed by atoms with Gasteiger partial charge < -0.3 is 18.8 Å². The van der Waals surface area contributed by atoms with Gasteiger partial charge in [0.05, 0.1) is 13.4 Å².